The summed E-state index contributed by atoms with van der Waals surface area (Å²) in [5, 5.41) is 0. The van der Waals surface area contributed by atoms with Crippen LogP contribution in [-0.4, -0.2) is 17.5 Å². The number of nitrogens with two attached hydrogens (primary N) is 1. The Labute approximate surface area is 86.3 Å². The van der Waals surface area contributed by atoms with Crippen LogP contribution in [0.2, 0.25) is 0 Å². The molecule has 1 rings (SSSR count). The van der Waals surface area contributed by atoms with Crippen LogP contribution in [0.4, 0.5) is 13.2 Å². The van der Waals surface area contributed by atoms with Gasteiger partial charge in [0.15, 0.2) is 11.3 Å². The lowest BCUT2D eigenvalue weighted by molar-refractivity contribution is -0.184. The molecule has 0 saturated heterocycles. The minimum atomic E-state index is -4.69. The number of alkyl halides is 3. The number of carbonyl (C=O) groups is 1. The standard InChI is InChI=1S/C10H14F3NO/c1-9(14,10(11,12)13)8(15)7-5-3-2-4-6-7/h5H,2-4,6,14H2,1H3. The van der Waals surface area contributed by atoms with Crippen molar-refractivity contribution in [3.05, 3.63) is 11.6 Å². The highest BCUT2D eigenvalue weighted by molar-refractivity contribution is 6.02. The highest BCUT2D eigenvalue weighted by Crippen LogP contribution is 2.32. The van der Waals surface area contributed by atoms with Crippen LogP contribution in [0.1, 0.15) is 32.6 Å². The Bertz CT molecular complexity index is 292. The monoisotopic (exact) mass is 221 g/mol. The van der Waals surface area contributed by atoms with Gasteiger partial charge in [0.25, 0.3) is 0 Å². The molecule has 0 spiro atoms. The summed E-state index contributed by atoms with van der Waals surface area (Å²) in [6.45, 7) is 0.727. The van der Waals surface area contributed by atoms with Gasteiger partial charge >= 0.3 is 6.18 Å². The van der Waals surface area contributed by atoms with Crippen molar-refractivity contribution in [2.75, 3.05) is 0 Å². The number of allylic oxidation sites excluding steroid dienone is 1. The van der Waals surface area contributed by atoms with E-state index in [0.717, 1.165) is 19.8 Å². The van der Waals surface area contributed by atoms with Crippen LogP contribution in [0.25, 0.3) is 0 Å². The van der Waals surface area contributed by atoms with Gasteiger partial charge in [0.05, 0.1) is 0 Å². The lowest BCUT2D eigenvalue weighted by Gasteiger charge is -2.27. The number of Topliss-reactive ketones (excluding diaryl/α,β-unsaturated/α-hetero) is 1. The Morgan fingerprint density at radius 1 is 1.40 bits per heavy atom. The fraction of sp³-hybridized carbons (Fsp3) is 0.700. The van der Waals surface area contributed by atoms with Gasteiger partial charge in [0.2, 0.25) is 0 Å². The Balaban J connectivity index is 2.88. The fourth-order valence-corrected chi connectivity index (χ4v) is 1.51. The highest BCUT2D eigenvalue weighted by atomic mass is 19.4. The molecule has 0 aliphatic heterocycles. The first-order chi connectivity index (χ1) is 6.77. The molecule has 0 bridgehead atoms. The van der Waals surface area contributed by atoms with Gasteiger partial charge in [0, 0.05) is 0 Å². The molecule has 1 unspecified atom stereocenters. The van der Waals surface area contributed by atoms with E-state index in [9.17, 15) is 18.0 Å². The summed E-state index contributed by atoms with van der Waals surface area (Å²) in [6, 6.07) is 0. The van der Waals surface area contributed by atoms with Crippen LogP contribution in [-0.2, 0) is 4.79 Å². The van der Waals surface area contributed by atoms with E-state index in [2.05, 4.69) is 0 Å². The molecular formula is C10H14F3NO. The summed E-state index contributed by atoms with van der Waals surface area (Å²) in [5.74, 6) is -0.991. The van der Waals surface area contributed by atoms with Gasteiger partial charge < -0.3 is 5.73 Å². The topological polar surface area (TPSA) is 43.1 Å². The molecule has 0 fully saturated rings. The molecule has 0 aromatic heterocycles. The maximum Gasteiger partial charge on any atom is 0.413 e. The minimum Gasteiger partial charge on any atom is -0.311 e. The molecule has 5 heteroatoms. The predicted octanol–water partition coefficient (Wildman–Crippen LogP) is 2.34. The summed E-state index contributed by atoms with van der Waals surface area (Å²) < 4.78 is 37.4. The molecule has 2 N–H and O–H groups in total. The third kappa shape index (κ3) is 2.40. The van der Waals surface area contributed by atoms with Crippen molar-refractivity contribution in [1.29, 1.82) is 0 Å². The lowest BCUT2D eigenvalue weighted by Crippen LogP contribution is -2.57. The number of carbonyl (C=O) groups excluding carboxylic acids is 1. The van der Waals surface area contributed by atoms with E-state index in [1.165, 1.54) is 0 Å². The second-order valence-electron chi connectivity index (χ2n) is 4.00. The quantitative estimate of drug-likeness (QED) is 0.777. The molecule has 86 valence electrons. The predicted molar refractivity (Wildman–Crippen MR) is 50.2 cm³/mol. The summed E-state index contributed by atoms with van der Waals surface area (Å²) in [5.41, 5.74) is 2.52. The van der Waals surface area contributed by atoms with Crippen molar-refractivity contribution in [1.82, 2.24) is 0 Å². The molecule has 1 atom stereocenters. The molecule has 2 nitrogen and oxygen atoms in total. The van der Waals surface area contributed by atoms with Crippen molar-refractivity contribution in [2.45, 2.75) is 44.3 Å². The second kappa shape index (κ2) is 3.96. The zero-order valence-corrected chi connectivity index (χ0v) is 8.53. The Kier molecular flexibility index (Phi) is 3.23. The second-order valence-corrected chi connectivity index (χ2v) is 4.00. The number of rotatable bonds is 2. The van der Waals surface area contributed by atoms with E-state index in [1.54, 1.807) is 6.08 Å². The zero-order chi connectivity index (χ0) is 11.7. The van der Waals surface area contributed by atoms with Crippen LogP contribution < -0.4 is 5.73 Å². The Morgan fingerprint density at radius 2 is 2.00 bits per heavy atom. The van der Waals surface area contributed by atoms with Gasteiger partial charge in [-0.2, -0.15) is 13.2 Å². The van der Waals surface area contributed by atoms with Crippen molar-refractivity contribution < 1.29 is 18.0 Å². The molecule has 0 radical (unpaired) electrons. The first-order valence-corrected chi connectivity index (χ1v) is 4.86. The Morgan fingerprint density at radius 3 is 2.40 bits per heavy atom. The molecule has 0 saturated carbocycles. The molecule has 0 amide bonds. The van der Waals surface area contributed by atoms with Gasteiger partial charge in [0.1, 0.15) is 0 Å². The molecule has 0 aromatic carbocycles. The SMILES string of the molecule is CC(N)(C(=O)C1=CCCCC1)C(F)(F)F. The summed E-state index contributed by atoms with van der Waals surface area (Å²) in [7, 11) is 0. The smallest absolute Gasteiger partial charge is 0.311 e. The molecule has 1 aliphatic carbocycles. The minimum absolute atomic E-state index is 0.226. The van der Waals surface area contributed by atoms with Gasteiger partial charge in [-0.05, 0) is 38.2 Å². The van der Waals surface area contributed by atoms with Gasteiger partial charge in [-0.25, -0.2) is 0 Å². The number of ketones is 1. The average molecular weight is 221 g/mol. The Hall–Kier alpha value is -0.840. The summed E-state index contributed by atoms with van der Waals surface area (Å²) >= 11 is 0. The largest absolute Gasteiger partial charge is 0.413 e. The van der Waals surface area contributed by atoms with E-state index >= 15 is 0 Å². The van der Waals surface area contributed by atoms with E-state index in [4.69, 9.17) is 5.73 Å². The van der Waals surface area contributed by atoms with E-state index < -0.39 is 17.5 Å². The van der Waals surface area contributed by atoms with Gasteiger partial charge in [-0.15, -0.1) is 0 Å². The highest BCUT2D eigenvalue weighted by Gasteiger charge is 2.54. The van der Waals surface area contributed by atoms with Crippen LogP contribution >= 0.6 is 0 Å². The number of hydrogen-bond donors (Lipinski definition) is 1. The van der Waals surface area contributed by atoms with Crippen LogP contribution in [0.3, 0.4) is 0 Å². The molecule has 1 aliphatic rings. The maximum atomic E-state index is 12.5. The number of hydrogen-bond acceptors (Lipinski definition) is 2. The fourth-order valence-electron chi connectivity index (χ4n) is 1.51. The molecule has 15 heavy (non-hydrogen) atoms. The van der Waals surface area contributed by atoms with E-state index in [1.807, 2.05) is 0 Å². The van der Waals surface area contributed by atoms with E-state index in [-0.39, 0.29) is 5.57 Å². The zero-order valence-electron chi connectivity index (χ0n) is 8.53. The maximum absolute atomic E-state index is 12.5. The lowest BCUT2D eigenvalue weighted by atomic mass is 9.86. The van der Waals surface area contributed by atoms with Crippen LogP contribution in [0.15, 0.2) is 11.6 Å². The third-order valence-corrected chi connectivity index (χ3v) is 2.64. The van der Waals surface area contributed by atoms with Crippen molar-refractivity contribution in [2.24, 2.45) is 5.73 Å². The first kappa shape index (κ1) is 12.2. The van der Waals surface area contributed by atoms with Crippen molar-refractivity contribution in [3.8, 4) is 0 Å². The van der Waals surface area contributed by atoms with Crippen LogP contribution in [0, 0.1) is 0 Å². The summed E-state index contributed by atoms with van der Waals surface area (Å²) in [6.07, 6.45) is -0.378. The van der Waals surface area contributed by atoms with Gasteiger partial charge in [-0.1, -0.05) is 6.08 Å². The number of halogens is 3. The van der Waals surface area contributed by atoms with E-state index in [0.29, 0.717) is 12.8 Å². The molecule has 0 heterocycles. The third-order valence-electron chi connectivity index (χ3n) is 2.64. The van der Waals surface area contributed by atoms with Crippen LogP contribution in [0.5, 0.6) is 0 Å². The summed E-state index contributed by atoms with van der Waals surface area (Å²) in [4.78, 5) is 11.6. The van der Waals surface area contributed by atoms with Crippen molar-refractivity contribution in [3.63, 3.8) is 0 Å². The molecule has 0 aromatic rings. The first-order valence-electron chi connectivity index (χ1n) is 4.86. The average Bonchev–Trinajstić information content (AvgIpc) is 2.16. The van der Waals surface area contributed by atoms with Crippen molar-refractivity contribution >= 4 is 5.78 Å². The van der Waals surface area contributed by atoms with Gasteiger partial charge in [-0.3, -0.25) is 4.79 Å². The normalized spacial score (nSPS) is 21.8. The molecular weight excluding hydrogens is 207 g/mol.